The minimum atomic E-state index is 0.575. The van der Waals surface area contributed by atoms with Gasteiger partial charge in [-0.25, -0.2) is 0 Å². The van der Waals surface area contributed by atoms with Gasteiger partial charge in [0.2, 0.25) is 0 Å². The Balaban J connectivity index is 1.77. The van der Waals surface area contributed by atoms with Crippen molar-refractivity contribution in [3.63, 3.8) is 0 Å². The summed E-state index contributed by atoms with van der Waals surface area (Å²) in [5, 5.41) is 4.96. The maximum absolute atomic E-state index is 6.08. The van der Waals surface area contributed by atoms with Crippen molar-refractivity contribution in [2.45, 2.75) is 51.6 Å². The Hall–Kier alpha value is -1.32. The molecule has 21 heavy (non-hydrogen) atoms. The first kappa shape index (κ1) is 14.6. The Labute approximate surface area is 126 Å². The maximum atomic E-state index is 6.08. The first-order chi connectivity index (χ1) is 10.4. The minimum absolute atomic E-state index is 0.575. The molecule has 1 aliphatic rings. The monoisotopic (exact) mass is 287 g/mol. The number of aryl methyl sites for hydroxylation is 1. The fourth-order valence-electron chi connectivity index (χ4n) is 3.03. The highest BCUT2D eigenvalue weighted by Gasteiger charge is 2.17. The summed E-state index contributed by atoms with van der Waals surface area (Å²) < 4.78 is 11.5. The van der Waals surface area contributed by atoms with Crippen LogP contribution in [0.5, 0.6) is 0 Å². The summed E-state index contributed by atoms with van der Waals surface area (Å²) >= 11 is 0. The molecule has 1 aromatic heterocycles. The molecule has 0 atom stereocenters. The summed E-state index contributed by atoms with van der Waals surface area (Å²) in [6.45, 7) is 4.89. The van der Waals surface area contributed by atoms with Crippen molar-refractivity contribution in [2.75, 3.05) is 13.2 Å². The number of para-hydroxylation sites is 1. The predicted molar refractivity (Wildman–Crippen MR) is 85.5 cm³/mol. The molecule has 2 heterocycles. The van der Waals surface area contributed by atoms with E-state index in [2.05, 4.69) is 30.4 Å². The second-order valence-electron chi connectivity index (χ2n) is 5.87. The third-order valence-corrected chi connectivity index (χ3v) is 4.33. The SMILES string of the molecule is CCCCc1oc2ccccc2c1CNC1CCOCC1. The third kappa shape index (κ3) is 3.47. The number of hydrogen-bond donors (Lipinski definition) is 1. The highest BCUT2D eigenvalue weighted by Crippen LogP contribution is 2.27. The van der Waals surface area contributed by atoms with Crippen LogP contribution in [0.2, 0.25) is 0 Å². The molecule has 0 radical (unpaired) electrons. The second-order valence-corrected chi connectivity index (χ2v) is 5.87. The predicted octanol–water partition coefficient (Wildman–Crippen LogP) is 4.04. The number of fused-ring (bicyclic) bond motifs is 1. The van der Waals surface area contributed by atoms with Crippen molar-refractivity contribution < 1.29 is 9.15 Å². The van der Waals surface area contributed by atoms with Gasteiger partial charge < -0.3 is 14.5 Å². The Morgan fingerprint density at radius 3 is 2.81 bits per heavy atom. The standard InChI is InChI=1S/C18H25NO2/c1-2-3-7-18-16(13-19-14-9-11-20-12-10-14)15-6-4-5-8-17(15)21-18/h4-6,8,14,19H,2-3,7,9-13H2,1H3. The largest absolute Gasteiger partial charge is 0.461 e. The smallest absolute Gasteiger partial charge is 0.134 e. The van der Waals surface area contributed by atoms with Crippen LogP contribution < -0.4 is 5.32 Å². The van der Waals surface area contributed by atoms with Gasteiger partial charge in [0.1, 0.15) is 11.3 Å². The zero-order valence-electron chi connectivity index (χ0n) is 12.9. The molecule has 3 rings (SSSR count). The number of rotatable bonds is 6. The quantitative estimate of drug-likeness (QED) is 0.870. The molecular formula is C18H25NO2. The fourth-order valence-corrected chi connectivity index (χ4v) is 3.03. The van der Waals surface area contributed by atoms with Crippen LogP contribution in [-0.2, 0) is 17.7 Å². The van der Waals surface area contributed by atoms with Gasteiger partial charge >= 0.3 is 0 Å². The van der Waals surface area contributed by atoms with E-state index in [0.717, 1.165) is 50.4 Å². The summed E-state index contributed by atoms with van der Waals surface area (Å²) in [7, 11) is 0. The molecule has 0 amide bonds. The van der Waals surface area contributed by atoms with E-state index in [1.165, 1.54) is 23.8 Å². The lowest BCUT2D eigenvalue weighted by atomic mass is 10.1. The summed E-state index contributed by atoms with van der Waals surface area (Å²) in [5.41, 5.74) is 2.37. The van der Waals surface area contributed by atoms with Crippen molar-refractivity contribution in [3.8, 4) is 0 Å². The first-order valence-corrected chi connectivity index (χ1v) is 8.19. The van der Waals surface area contributed by atoms with Crippen molar-refractivity contribution in [1.29, 1.82) is 0 Å². The number of ether oxygens (including phenoxy) is 1. The number of hydrogen-bond acceptors (Lipinski definition) is 3. The Kier molecular flexibility index (Phi) is 4.94. The Morgan fingerprint density at radius 2 is 2.00 bits per heavy atom. The van der Waals surface area contributed by atoms with E-state index in [4.69, 9.17) is 9.15 Å². The van der Waals surface area contributed by atoms with Crippen LogP contribution in [0.4, 0.5) is 0 Å². The van der Waals surface area contributed by atoms with E-state index in [-0.39, 0.29) is 0 Å². The lowest BCUT2D eigenvalue weighted by molar-refractivity contribution is 0.0776. The molecule has 3 nitrogen and oxygen atoms in total. The molecule has 0 spiro atoms. The minimum Gasteiger partial charge on any atom is -0.461 e. The molecular weight excluding hydrogens is 262 g/mol. The third-order valence-electron chi connectivity index (χ3n) is 4.33. The van der Waals surface area contributed by atoms with E-state index in [0.29, 0.717) is 6.04 Å². The van der Waals surface area contributed by atoms with Crippen LogP contribution in [0.15, 0.2) is 28.7 Å². The van der Waals surface area contributed by atoms with Gasteiger partial charge in [0.15, 0.2) is 0 Å². The molecule has 1 aliphatic heterocycles. The molecule has 0 saturated carbocycles. The molecule has 1 fully saturated rings. The normalized spacial score (nSPS) is 16.6. The molecule has 1 saturated heterocycles. The fraction of sp³-hybridized carbons (Fsp3) is 0.556. The number of benzene rings is 1. The molecule has 0 bridgehead atoms. The van der Waals surface area contributed by atoms with Crippen molar-refractivity contribution in [1.82, 2.24) is 5.32 Å². The molecule has 3 heteroatoms. The van der Waals surface area contributed by atoms with Gasteiger partial charge in [0, 0.05) is 43.2 Å². The Morgan fingerprint density at radius 1 is 1.19 bits per heavy atom. The average Bonchev–Trinajstić information content (AvgIpc) is 2.89. The summed E-state index contributed by atoms with van der Waals surface area (Å²) in [4.78, 5) is 0. The maximum Gasteiger partial charge on any atom is 0.134 e. The van der Waals surface area contributed by atoms with Crippen LogP contribution in [0.1, 0.15) is 43.9 Å². The van der Waals surface area contributed by atoms with Gasteiger partial charge in [0.25, 0.3) is 0 Å². The lowest BCUT2D eigenvalue weighted by Crippen LogP contribution is -2.34. The highest BCUT2D eigenvalue weighted by atomic mass is 16.5. The zero-order valence-corrected chi connectivity index (χ0v) is 12.9. The highest BCUT2D eigenvalue weighted by molar-refractivity contribution is 5.82. The molecule has 0 unspecified atom stereocenters. The number of nitrogens with one attached hydrogen (secondary N) is 1. The topological polar surface area (TPSA) is 34.4 Å². The van der Waals surface area contributed by atoms with Gasteiger partial charge in [-0.15, -0.1) is 0 Å². The zero-order chi connectivity index (χ0) is 14.5. The van der Waals surface area contributed by atoms with E-state index in [9.17, 15) is 0 Å². The molecule has 114 valence electrons. The lowest BCUT2D eigenvalue weighted by Gasteiger charge is -2.23. The first-order valence-electron chi connectivity index (χ1n) is 8.19. The number of furan rings is 1. The van der Waals surface area contributed by atoms with Crippen molar-refractivity contribution in [3.05, 3.63) is 35.6 Å². The van der Waals surface area contributed by atoms with Crippen LogP contribution in [0, 0.1) is 0 Å². The van der Waals surface area contributed by atoms with Crippen LogP contribution in [0.25, 0.3) is 11.0 Å². The van der Waals surface area contributed by atoms with Crippen molar-refractivity contribution >= 4 is 11.0 Å². The van der Waals surface area contributed by atoms with Gasteiger partial charge in [-0.2, -0.15) is 0 Å². The molecule has 2 aromatic rings. The molecule has 1 aromatic carbocycles. The van der Waals surface area contributed by atoms with E-state index in [1.54, 1.807) is 0 Å². The van der Waals surface area contributed by atoms with Crippen molar-refractivity contribution in [2.24, 2.45) is 0 Å². The van der Waals surface area contributed by atoms with E-state index < -0.39 is 0 Å². The Bertz CT molecular complexity index is 570. The van der Waals surface area contributed by atoms with Gasteiger partial charge in [-0.05, 0) is 25.3 Å². The van der Waals surface area contributed by atoms with Gasteiger partial charge in [-0.1, -0.05) is 31.5 Å². The van der Waals surface area contributed by atoms with E-state index in [1.807, 2.05) is 6.07 Å². The van der Waals surface area contributed by atoms with E-state index >= 15 is 0 Å². The summed E-state index contributed by atoms with van der Waals surface area (Å²) in [6, 6.07) is 8.97. The van der Waals surface area contributed by atoms with Crippen LogP contribution in [0.3, 0.4) is 0 Å². The van der Waals surface area contributed by atoms with Gasteiger partial charge in [-0.3, -0.25) is 0 Å². The molecule has 0 aliphatic carbocycles. The van der Waals surface area contributed by atoms with Crippen LogP contribution in [-0.4, -0.2) is 19.3 Å². The number of unbranched alkanes of at least 4 members (excludes halogenated alkanes) is 1. The molecule has 1 N–H and O–H groups in total. The summed E-state index contributed by atoms with van der Waals surface area (Å²) in [5.74, 6) is 1.16. The van der Waals surface area contributed by atoms with Gasteiger partial charge in [0.05, 0.1) is 0 Å². The second kappa shape index (κ2) is 7.10. The summed E-state index contributed by atoms with van der Waals surface area (Å²) in [6.07, 6.45) is 5.64. The van der Waals surface area contributed by atoms with Crippen LogP contribution >= 0.6 is 0 Å². The average molecular weight is 287 g/mol.